The third-order valence-electron chi connectivity index (χ3n) is 5.56. The van der Waals surface area contributed by atoms with Crippen LogP contribution in [0, 0.1) is 0 Å². The van der Waals surface area contributed by atoms with Crippen LogP contribution in [0.15, 0.2) is 18.2 Å². The first-order chi connectivity index (χ1) is 12.0. The van der Waals surface area contributed by atoms with E-state index in [0.29, 0.717) is 41.3 Å². The molecule has 3 saturated heterocycles. The van der Waals surface area contributed by atoms with Gasteiger partial charge in [-0.25, -0.2) is 0 Å². The number of imide groups is 1. The molecule has 132 valence electrons. The predicted molar refractivity (Wildman–Crippen MR) is 93.6 cm³/mol. The van der Waals surface area contributed by atoms with E-state index in [2.05, 4.69) is 0 Å². The number of piperidine rings is 1. The summed E-state index contributed by atoms with van der Waals surface area (Å²) < 4.78 is 0. The van der Waals surface area contributed by atoms with E-state index in [-0.39, 0.29) is 35.8 Å². The lowest BCUT2D eigenvalue weighted by Gasteiger charge is -2.41. The van der Waals surface area contributed by atoms with Crippen molar-refractivity contribution in [2.24, 2.45) is 0 Å². The van der Waals surface area contributed by atoms with Crippen LogP contribution in [0.4, 0.5) is 0 Å². The van der Waals surface area contributed by atoms with Crippen LogP contribution in [0.5, 0.6) is 0 Å². The maximum atomic E-state index is 13.0. The van der Waals surface area contributed by atoms with E-state index in [1.54, 1.807) is 18.2 Å². The van der Waals surface area contributed by atoms with Gasteiger partial charge in [-0.15, -0.1) is 0 Å². The Kier molecular flexibility index (Phi) is 4.24. The molecule has 3 aliphatic rings. The Morgan fingerprint density at radius 2 is 1.56 bits per heavy atom. The van der Waals surface area contributed by atoms with E-state index in [9.17, 15) is 14.4 Å². The number of carbonyl (C=O) groups is 3. The highest BCUT2D eigenvalue weighted by Crippen LogP contribution is 2.40. The van der Waals surface area contributed by atoms with E-state index in [0.717, 1.165) is 12.8 Å². The second kappa shape index (κ2) is 6.29. The molecule has 3 amide bonds. The van der Waals surface area contributed by atoms with Gasteiger partial charge in [0.25, 0.3) is 5.91 Å². The summed E-state index contributed by atoms with van der Waals surface area (Å²) in [4.78, 5) is 40.4. The van der Waals surface area contributed by atoms with E-state index >= 15 is 0 Å². The Labute approximate surface area is 155 Å². The molecular formula is C18H18Cl2N2O3. The molecule has 1 aromatic carbocycles. The highest BCUT2D eigenvalue weighted by molar-refractivity contribution is 6.36. The van der Waals surface area contributed by atoms with Gasteiger partial charge < -0.3 is 4.90 Å². The average molecular weight is 381 g/mol. The number of hydrogen-bond donors (Lipinski definition) is 0. The molecule has 3 fully saturated rings. The summed E-state index contributed by atoms with van der Waals surface area (Å²) in [5.74, 6) is -0.239. The molecule has 0 radical (unpaired) electrons. The van der Waals surface area contributed by atoms with Gasteiger partial charge in [-0.1, -0.05) is 23.2 Å². The summed E-state index contributed by atoms with van der Waals surface area (Å²) in [6.45, 7) is 0. The summed E-state index contributed by atoms with van der Waals surface area (Å²) in [5.41, 5.74) is 0.453. The van der Waals surface area contributed by atoms with Crippen molar-refractivity contribution in [2.75, 3.05) is 0 Å². The molecular weight excluding hydrogens is 363 g/mol. The van der Waals surface area contributed by atoms with Crippen molar-refractivity contribution < 1.29 is 14.4 Å². The van der Waals surface area contributed by atoms with Crippen LogP contribution >= 0.6 is 23.2 Å². The topological polar surface area (TPSA) is 57.7 Å². The minimum Gasteiger partial charge on any atom is -0.332 e. The van der Waals surface area contributed by atoms with Gasteiger partial charge in [0, 0.05) is 36.0 Å². The summed E-state index contributed by atoms with van der Waals surface area (Å²) >= 11 is 12.1. The molecule has 1 aromatic rings. The third-order valence-corrected chi connectivity index (χ3v) is 6.11. The molecule has 2 atom stereocenters. The summed E-state index contributed by atoms with van der Waals surface area (Å²) in [5, 5.41) is 0.846. The van der Waals surface area contributed by atoms with Crippen LogP contribution < -0.4 is 0 Å². The molecule has 0 spiro atoms. The molecule has 3 aliphatic heterocycles. The second-order valence-electron chi connectivity index (χ2n) is 7.00. The van der Waals surface area contributed by atoms with Gasteiger partial charge in [0.15, 0.2) is 0 Å². The first kappa shape index (κ1) is 16.9. The van der Waals surface area contributed by atoms with Gasteiger partial charge >= 0.3 is 0 Å². The number of likely N-dealkylation sites (tertiary alicyclic amines) is 1. The molecule has 2 bridgehead atoms. The monoisotopic (exact) mass is 380 g/mol. The fourth-order valence-electron chi connectivity index (χ4n) is 4.49. The van der Waals surface area contributed by atoms with Crippen molar-refractivity contribution in [3.63, 3.8) is 0 Å². The van der Waals surface area contributed by atoms with E-state index in [1.807, 2.05) is 4.90 Å². The van der Waals surface area contributed by atoms with Crippen LogP contribution in [-0.4, -0.2) is 45.6 Å². The number of nitrogens with zero attached hydrogens (tertiary/aromatic N) is 2. The molecule has 4 rings (SSSR count). The number of carbonyl (C=O) groups excluding carboxylic acids is 3. The Hall–Kier alpha value is -1.59. The zero-order valence-electron chi connectivity index (χ0n) is 13.6. The minimum atomic E-state index is -0.0910. The Bertz CT molecular complexity index is 737. The van der Waals surface area contributed by atoms with Gasteiger partial charge in [0.1, 0.15) is 0 Å². The lowest BCUT2D eigenvalue weighted by molar-refractivity contribution is -0.142. The van der Waals surface area contributed by atoms with Gasteiger partial charge in [-0.2, -0.15) is 0 Å². The van der Waals surface area contributed by atoms with Gasteiger partial charge in [-0.3, -0.25) is 19.3 Å². The van der Waals surface area contributed by atoms with Crippen molar-refractivity contribution in [3.05, 3.63) is 33.8 Å². The second-order valence-corrected chi connectivity index (χ2v) is 7.85. The predicted octanol–water partition coefficient (Wildman–Crippen LogP) is 3.28. The highest BCUT2D eigenvalue weighted by atomic mass is 35.5. The van der Waals surface area contributed by atoms with Gasteiger partial charge in [0.2, 0.25) is 11.8 Å². The van der Waals surface area contributed by atoms with Crippen LogP contribution in [-0.2, 0) is 9.59 Å². The lowest BCUT2D eigenvalue weighted by atomic mass is 9.95. The SMILES string of the molecule is O=C1CCC(=O)N1C1CC2CCC(C1)N2C(=O)c1ccc(Cl)cc1Cl. The fraction of sp³-hybridized carbons (Fsp3) is 0.500. The maximum Gasteiger partial charge on any atom is 0.255 e. The average Bonchev–Trinajstić information content (AvgIpc) is 3.03. The molecule has 0 N–H and O–H groups in total. The molecule has 3 heterocycles. The Balaban J connectivity index is 1.55. The maximum absolute atomic E-state index is 13.0. The zero-order valence-corrected chi connectivity index (χ0v) is 15.1. The molecule has 0 saturated carbocycles. The lowest BCUT2D eigenvalue weighted by Crippen LogP contribution is -2.53. The summed E-state index contributed by atoms with van der Waals surface area (Å²) in [7, 11) is 0. The number of benzene rings is 1. The Morgan fingerprint density at radius 1 is 0.960 bits per heavy atom. The standard InChI is InChI=1S/C18H18Cl2N2O3/c19-10-1-4-14(15(20)7-10)18(25)21-11-2-3-12(21)9-13(8-11)22-16(23)5-6-17(22)24/h1,4,7,11-13H,2-3,5-6,8-9H2. The molecule has 0 aromatic heterocycles. The normalized spacial score (nSPS) is 28.8. The largest absolute Gasteiger partial charge is 0.332 e. The molecule has 25 heavy (non-hydrogen) atoms. The van der Waals surface area contributed by atoms with Crippen molar-refractivity contribution in [3.8, 4) is 0 Å². The highest BCUT2D eigenvalue weighted by Gasteiger charge is 2.48. The van der Waals surface area contributed by atoms with Gasteiger partial charge in [0.05, 0.1) is 10.6 Å². The third kappa shape index (κ3) is 2.83. The van der Waals surface area contributed by atoms with Crippen LogP contribution in [0.2, 0.25) is 10.0 Å². The smallest absolute Gasteiger partial charge is 0.255 e. The van der Waals surface area contributed by atoms with Crippen molar-refractivity contribution in [2.45, 2.75) is 56.7 Å². The fourth-order valence-corrected chi connectivity index (χ4v) is 4.98. The zero-order chi connectivity index (χ0) is 17.7. The number of rotatable bonds is 2. The number of halogens is 2. The van der Waals surface area contributed by atoms with E-state index in [1.165, 1.54) is 4.90 Å². The Morgan fingerprint density at radius 3 is 2.12 bits per heavy atom. The number of fused-ring (bicyclic) bond motifs is 2. The van der Waals surface area contributed by atoms with Crippen LogP contribution in [0.3, 0.4) is 0 Å². The molecule has 0 aliphatic carbocycles. The number of hydrogen-bond acceptors (Lipinski definition) is 3. The summed E-state index contributed by atoms with van der Waals surface area (Å²) in [6, 6.07) is 4.91. The van der Waals surface area contributed by atoms with Crippen molar-refractivity contribution in [1.82, 2.24) is 9.80 Å². The van der Waals surface area contributed by atoms with Crippen molar-refractivity contribution in [1.29, 1.82) is 0 Å². The first-order valence-electron chi connectivity index (χ1n) is 8.58. The molecule has 5 nitrogen and oxygen atoms in total. The van der Waals surface area contributed by atoms with E-state index < -0.39 is 0 Å². The summed E-state index contributed by atoms with van der Waals surface area (Å²) in [6.07, 6.45) is 3.74. The molecule has 7 heteroatoms. The molecule has 2 unspecified atom stereocenters. The van der Waals surface area contributed by atoms with E-state index in [4.69, 9.17) is 23.2 Å². The number of amides is 3. The van der Waals surface area contributed by atoms with Crippen LogP contribution in [0.1, 0.15) is 48.9 Å². The quantitative estimate of drug-likeness (QED) is 0.739. The van der Waals surface area contributed by atoms with Crippen molar-refractivity contribution >= 4 is 40.9 Å². The first-order valence-corrected chi connectivity index (χ1v) is 9.34. The van der Waals surface area contributed by atoms with Crippen LogP contribution in [0.25, 0.3) is 0 Å². The minimum absolute atomic E-state index is 0.0456. The van der Waals surface area contributed by atoms with Gasteiger partial charge in [-0.05, 0) is 43.9 Å².